The first-order valence-electron chi connectivity index (χ1n) is 6.43. The third kappa shape index (κ3) is 2.64. The van der Waals surface area contributed by atoms with E-state index in [1.807, 2.05) is 0 Å². The summed E-state index contributed by atoms with van der Waals surface area (Å²) in [4.78, 5) is 24.7. The predicted octanol–water partition coefficient (Wildman–Crippen LogP) is -0.579. The maximum atomic E-state index is 12.3. The van der Waals surface area contributed by atoms with Crippen LogP contribution < -0.4 is 5.32 Å². The number of hydrogen-bond acceptors (Lipinski definition) is 4. The van der Waals surface area contributed by atoms with Gasteiger partial charge >= 0.3 is 5.97 Å². The number of carboxylic acids is 1. The van der Waals surface area contributed by atoms with Crippen LogP contribution in [-0.2, 0) is 9.59 Å². The van der Waals surface area contributed by atoms with Crippen LogP contribution in [0.5, 0.6) is 0 Å². The summed E-state index contributed by atoms with van der Waals surface area (Å²) in [5.74, 6) is -0.759. The molecule has 2 aliphatic heterocycles. The molecule has 0 spiro atoms. The number of carbonyl (C=O) groups excluding carboxylic acids is 1. The molecule has 0 bridgehead atoms. The second-order valence-electron chi connectivity index (χ2n) is 5.37. The average Bonchev–Trinajstić information content (AvgIpc) is 2.70. The summed E-state index contributed by atoms with van der Waals surface area (Å²) >= 11 is 0. The molecule has 2 heterocycles. The molecule has 2 rings (SSSR count). The van der Waals surface area contributed by atoms with Crippen molar-refractivity contribution in [3.8, 4) is 0 Å². The number of aliphatic hydroxyl groups is 1. The van der Waals surface area contributed by atoms with Crippen molar-refractivity contribution in [3.05, 3.63) is 0 Å². The lowest BCUT2D eigenvalue weighted by atomic mass is 9.93. The van der Waals surface area contributed by atoms with Gasteiger partial charge in [0.05, 0.1) is 12.1 Å². The van der Waals surface area contributed by atoms with Gasteiger partial charge in [0.2, 0.25) is 5.91 Å². The maximum absolute atomic E-state index is 12.3. The van der Waals surface area contributed by atoms with E-state index in [1.54, 1.807) is 0 Å². The molecule has 18 heavy (non-hydrogen) atoms. The van der Waals surface area contributed by atoms with Gasteiger partial charge in [0.25, 0.3) is 0 Å². The Morgan fingerprint density at radius 2 is 2.06 bits per heavy atom. The van der Waals surface area contributed by atoms with E-state index in [0.717, 1.165) is 19.4 Å². The second-order valence-corrected chi connectivity index (χ2v) is 5.37. The lowest BCUT2D eigenvalue weighted by molar-refractivity contribution is -0.149. The molecule has 102 valence electrons. The van der Waals surface area contributed by atoms with Crippen molar-refractivity contribution in [3.63, 3.8) is 0 Å². The van der Waals surface area contributed by atoms with Crippen LogP contribution in [0.2, 0.25) is 0 Å². The molecule has 2 unspecified atom stereocenters. The number of β-amino-alcohol motifs (C(OH)–C–C–N with tert-alkyl or cyclic N) is 1. The number of likely N-dealkylation sites (tertiary alicyclic amines) is 1. The fourth-order valence-electron chi connectivity index (χ4n) is 2.79. The minimum Gasteiger partial charge on any atom is -0.480 e. The molecule has 6 heteroatoms. The van der Waals surface area contributed by atoms with Gasteiger partial charge in [-0.1, -0.05) is 6.92 Å². The zero-order chi connectivity index (χ0) is 13.3. The van der Waals surface area contributed by atoms with Crippen LogP contribution in [0, 0.1) is 5.92 Å². The molecule has 0 aromatic rings. The van der Waals surface area contributed by atoms with E-state index in [9.17, 15) is 14.7 Å². The second kappa shape index (κ2) is 5.24. The Balaban J connectivity index is 2.05. The number of piperidine rings is 1. The molecule has 0 saturated carbocycles. The summed E-state index contributed by atoms with van der Waals surface area (Å²) in [5.41, 5.74) is 0. The fraction of sp³-hybridized carbons (Fsp3) is 0.833. The van der Waals surface area contributed by atoms with E-state index in [2.05, 4.69) is 12.2 Å². The SMILES string of the molecule is CC1CCNC(C(=O)N2C[C@H](O)C[C@@H]2C(=O)O)C1. The first-order valence-corrected chi connectivity index (χ1v) is 6.43. The van der Waals surface area contributed by atoms with Crippen molar-refractivity contribution in [1.82, 2.24) is 10.2 Å². The van der Waals surface area contributed by atoms with Crippen LogP contribution >= 0.6 is 0 Å². The molecule has 1 amide bonds. The third-order valence-electron chi connectivity index (χ3n) is 3.81. The lowest BCUT2D eigenvalue weighted by Crippen LogP contribution is -2.52. The highest BCUT2D eigenvalue weighted by Crippen LogP contribution is 2.23. The van der Waals surface area contributed by atoms with Gasteiger partial charge in [-0.3, -0.25) is 4.79 Å². The Hall–Kier alpha value is -1.14. The molecule has 3 N–H and O–H groups in total. The average molecular weight is 256 g/mol. The Morgan fingerprint density at radius 3 is 2.67 bits per heavy atom. The number of nitrogens with zero attached hydrogens (tertiary/aromatic N) is 1. The highest BCUT2D eigenvalue weighted by Gasteiger charge is 2.41. The van der Waals surface area contributed by atoms with E-state index >= 15 is 0 Å². The van der Waals surface area contributed by atoms with Crippen molar-refractivity contribution < 1.29 is 19.8 Å². The predicted molar refractivity (Wildman–Crippen MR) is 63.9 cm³/mol. The zero-order valence-corrected chi connectivity index (χ0v) is 10.5. The molecule has 2 fully saturated rings. The standard InChI is InChI=1S/C12H20N2O4/c1-7-2-3-13-9(4-7)11(16)14-6-8(15)5-10(14)12(17)18/h7-10,13,15H,2-6H2,1H3,(H,17,18)/t7?,8-,9?,10-/m1/s1. The van der Waals surface area contributed by atoms with E-state index in [1.165, 1.54) is 4.90 Å². The lowest BCUT2D eigenvalue weighted by Gasteiger charge is -2.32. The van der Waals surface area contributed by atoms with Crippen LogP contribution in [0.1, 0.15) is 26.2 Å². The van der Waals surface area contributed by atoms with Crippen molar-refractivity contribution in [2.24, 2.45) is 5.92 Å². The first kappa shape index (κ1) is 13.3. The van der Waals surface area contributed by atoms with Gasteiger partial charge < -0.3 is 20.4 Å². The van der Waals surface area contributed by atoms with Crippen molar-refractivity contribution in [2.45, 2.75) is 44.4 Å². The van der Waals surface area contributed by atoms with Crippen molar-refractivity contribution in [1.29, 1.82) is 0 Å². The number of aliphatic hydroxyl groups excluding tert-OH is 1. The number of carbonyl (C=O) groups is 2. The number of hydrogen-bond donors (Lipinski definition) is 3. The summed E-state index contributed by atoms with van der Waals surface area (Å²) in [6, 6.07) is -1.19. The number of nitrogens with one attached hydrogen (secondary N) is 1. The minimum atomic E-state index is -1.04. The topological polar surface area (TPSA) is 89.9 Å². The molecular formula is C12H20N2O4. The number of rotatable bonds is 2. The van der Waals surface area contributed by atoms with Gasteiger partial charge in [-0.25, -0.2) is 4.79 Å². The molecule has 4 atom stereocenters. The molecule has 0 radical (unpaired) electrons. The number of aliphatic carboxylic acids is 1. The van der Waals surface area contributed by atoms with Crippen LogP contribution in [-0.4, -0.2) is 58.3 Å². The molecule has 0 aromatic carbocycles. The van der Waals surface area contributed by atoms with Gasteiger partial charge in [0.1, 0.15) is 6.04 Å². The summed E-state index contributed by atoms with van der Waals surface area (Å²) in [7, 11) is 0. The van der Waals surface area contributed by atoms with Crippen LogP contribution in [0.4, 0.5) is 0 Å². The molecule has 0 aromatic heterocycles. The highest BCUT2D eigenvalue weighted by molar-refractivity contribution is 5.87. The fourth-order valence-corrected chi connectivity index (χ4v) is 2.79. The Kier molecular flexibility index (Phi) is 3.87. The summed E-state index contributed by atoms with van der Waals surface area (Å²) in [6.07, 6.45) is 1.17. The highest BCUT2D eigenvalue weighted by atomic mass is 16.4. The molecule has 0 aliphatic carbocycles. The molecule has 2 saturated heterocycles. The quantitative estimate of drug-likeness (QED) is 0.615. The summed E-state index contributed by atoms with van der Waals surface area (Å²) < 4.78 is 0. The van der Waals surface area contributed by atoms with Gasteiger partial charge in [0, 0.05) is 13.0 Å². The van der Waals surface area contributed by atoms with E-state index in [4.69, 9.17) is 5.11 Å². The zero-order valence-electron chi connectivity index (χ0n) is 10.5. The van der Waals surface area contributed by atoms with Gasteiger partial charge in [0.15, 0.2) is 0 Å². The largest absolute Gasteiger partial charge is 0.480 e. The van der Waals surface area contributed by atoms with Gasteiger partial charge in [-0.2, -0.15) is 0 Å². The van der Waals surface area contributed by atoms with Gasteiger partial charge in [-0.15, -0.1) is 0 Å². The minimum absolute atomic E-state index is 0.127. The van der Waals surface area contributed by atoms with Crippen LogP contribution in [0.15, 0.2) is 0 Å². The van der Waals surface area contributed by atoms with Crippen LogP contribution in [0.25, 0.3) is 0 Å². The first-order chi connectivity index (χ1) is 8.49. The molecule has 6 nitrogen and oxygen atoms in total. The summed E-state index contributed by atoms with van der Waals surface area (Å²) in [5, 5.41) is 21.8. The smallest absolute Gasteiger partial charge is 0.326 e. The Bertz CT molecular complexity index is 347. The Labute approximate surface area is 106 Å². The van der Waals surface area contributed by atoms with E-state index in [0.29, 0.717) is 5.92 Å². The van der Waals surface area contributed by atoms with Gasteiger partial charge in [-0.05, 0) is 25.3 Å². The normalized spacial score (nSPS) is 36.7. The number of amides is 1. The maximum Gasteiger partial charge on any atom is 0.326 e. The van der Waals surface area contributed by atoms with Crippen molar-refractivity contribution >= 4 is 11.9 Å². The van der Waals surface area contributed by atoms with Crippen molar-refractivity contribution in [2.75, 3.05) is 13.1 Å². The third-order valence-corrected chi connectivity index (χ3v) is 3.81. The molecular weight excluding hydrogens is 236 g/mol. The van der Waals surface area contributed by atoms with E-state index in [-0.39, 0.29) is 24.9 Å². The monoisotopic (exact) mass is 256 g/mol. The Morgan fingerprint density at radius 1 is 1.33 bits per heavy atom. The van der Waals surface area contributed by atoms with E-state index < -0.39 is 18.1 Å². The van der Waals surface area contributed by atoms with Crippen LogP contribution in [0.3, 0.4) is 0 Å². The summed E-state index contributed by atoms with van der Waals surface area (Å²) in [6.45, 7) is 3.00. The number of carboxylic acid groups (broad SMARTS) is 1. The molecule has 2 aliphatic rings.